The highest BCUT2D eigenvalue weighted by Gasteiger charge is 2.11. The number of benzene rings is 2. The molecule has 0 unspecified atom stereocenters. The van der Waals surface area contributed by atoms with Crippen LogP contribution in [0, 0.1) is 0 Å². The van der Waals surface area contributed by atoms with E-state index in [0.717, 1.165) is 104 Å². The molecule has 2 aliphatic heterocycles. The van der Waals surface area contributed by atoms with Crippen LogP contribution in [0.15, 0.2) is 48.5 Å². The Morgan fingerprint density at radius 2 is 0.725 bits per heavy atom. The lowest BCUT2D eigenvalue weighted by atomic mass is 10.0. The average Bonchev–Trinajstić information content (AvgIpc) is 2.97. The minimum Gasteiger partial charge on any atom is -0.371 e. The number of nitrogens with one attached hydrogen (secondary N) is 6. The summed E-state index contributed by atoms with van der Waals surface area (Å²) in [4.78, 5) is 0. The van der Waals surface area contributed by atoms with E-state index >= 15 is 0 Å². The summed E-state index contributed by atoms with van der Waals surface area (Å²) in [6.45, 7) is 13.2. The van der Waals surface area contributed by atoms with Crippen LogP contribution in [0.1, 0.15) is 36.8 Å². The van der Waals surface area contributed by atoms with Gasteiger partial charge in [0.2, 0.25) is 0 Å². The molecule has 222 valence electrons. The van der Waals surface area contributed by atoms with Gasteiger partial charge in [-0.1, -0.05) is 48.5 Å². The highest BCUT2D eigenvalue weighted by Crippen LogP contribution is 2.21. The average molecular weight is 553 g/mol. The highest BCUT2D eigenvalue weighted by atomic mass is 16.5. The Hall–Kier alpha value is -1.88. The fourth-order valence-electron chi connectivity index (χ4n) is 5.05. The maximum atomic E-state index is 6.28. The fraction of sp³-hybridized carbons (Fsp3) is 0.625. The van der Waals surface area contributed by atoms with Crippen molar-refractivity contribution in [1.29, 1.82) is 0 Å². The molecule has 0 radical (unpaired) electrons. The number of ether oxygens (including phenoxy) is 2. The standard InChI is InChI=1S/C32H52N6O2/c1-13-33-14-2-18-36-22-31(21-35-17-1)39-25-27-5-9-29(10-6-27)30-11-7-28(8-12-30)26-40-32-23-37-19-3-15-34-16-4-20-38-24-32/h5-12,31-38H,1-4,13-26H2. The van der Waals surface area contributed by atoms with E-state index in [4.69, 9.17) is 9.47 Å². The molecule has 4 rings (SSSR count). The molecular weight excluding hydrogens is 500 g/mol. The Morgan fingerprint density at radius 1 is 0.425 bits per heavy atom. The van der Waals surface area contributed by atoms with Gasteiger partial charge in [0.05, 0.1) is 25.4 Å². The largest absolute Gasteiger partial charge is 0.371 e. The van der Waals surface area contributed by atoms with Gasteiger partial charge in [-0.05, 0) is 100 Å². The van der Waals surface area contributed by atoms with Gasteiger partial charge >= 0.3 is 0 Å². The lowest BCUT2D eigenvalue weighted by molar-refractivity contribution is 0.0409. The normalized spacial score (nSPS) is 20.5. The van der Waals surface area contributed by atoms with Crippen molar-refractivity contribution in [2.24, 2.45) is 0 Å². The Kier molecular flexibility index (Phi) is 15.0. The lowest BCUT2D eigenvalue weighted by Gasteiger charge is -2.21. The minimum absolute atomic E-state index is 0.177. The van der Waals surface area contributed by atoms with Gasteiger partial charge in [-0.2, -0.15) is 0 Å². The molecule has 2 aromatic rings. The summed E-state index contributed by atoms with van der Waals surface area (Å²) in [6, 6.07) is 17.6. The van der Waals surface area contributed by atoms with Crippen LogP contribution in [0.4, 0.5) is 0 Å². The zero-order valence-corrected chi connectivity index (χ0v) is 24.3. The summed E-state index contributed by atoms with van der Waals surface area (Å²) in [7, 11) is 0. The smallest absolute Gasteiger partial charge is 0.0828 e. The molecular formula is C32H52N6O2. The number of hydrogen-bond acceptors (Lipinski definition) is 8. The second kappa shape index (κ2) is 19.3. The number of hydrogen-bond donors (Lipinski definition) is 6. The summed E-state index contributed by atoms with van der Waals surface area (Å²) in [5, 5.41) is 21.1. The van der Waals surface area contributed by atoms with Crippen molar-refractivity contribution in [2.75, 3.05) is 78.5 Å². The molecule has 0 amide bonds. The van der Waals surface area contributed by atoms with Crippen LogP contribution in [-0.4, -0.2) is 90.7 Å². The van der Waals surface area contributed by atoms with Gasteiger partial charge in [0, 0.05) is 26.2 Å². The van der Waals surface area contributed by atoms with Crippen LogP contribution in [-0.2, 0) is 22.7 Å². The topological polar surface area (TPSA) is 90.6 Å². The van der Waals surface area contributed by atoms with Gasteiger partial charge in [0.25, 0.3) is 0 Å². The monoisotopic (exact) mass is 552 g/mol. The van der Waals surface area contributed by atoms with Gasteiger partial charge in [-0.15, -0.1) is 0 Å². The Labute approximate surface area is 241 Å². The molecule has 40 heavy (non-hydrogen) atoms. The number of rotatable bonds is 7. The van der Waals surface area contributed by atoms with Crippen LogP contribution in [0.3, 0.4) is 0 Å². The Balaban J connectivity index is 1.21. The van der Waals surface area contributed by atoms with E-state index in [0.29, 0.717) is 13.2 Å². The predicted octanol–water partition coefficient (Wildman–Crippen LogP) is 2.25. The van der Waals surface area contributed by atoms with E-state index in [-0.39, 0.29) is 12.2 Å². The van der Waals surface area contributed by atoms with Crippen LogP contribution in [0.25, 0.3) is 11.1 Å². The molecule has 2 aromatic carbocycles. The van der Waals surface area contributed by atoms with E-state index in [1.807, 2.05) is 0 Å². The van der Waals surface area contributed by atoms with Crippen molar-refractivity contribution in [3.63, 3.8) is 0 Å². The summed E-state index contributed by atoms with van der Waals surface area (Å²) >= 11 is 0. The second-order valence-electron chi connectivity index (χ2n) is 11.0. The molecule has 0 atom stereocenters. The summed E-state index contributed by atoms with van der Waals surface area (Å²) in [5.41, 5.74) is 4.86. The highest BCUT2D eigenvalue weighted by molar-refractivity contribution is 5.63. The van der Waals surface area contributed by atoms with Crippen LogP contribution in [0.2, 0.25) is 0 Å². The van der Waals surface area contributed by atoms with Crippen molar-refractivity contribution >= 4 is 0 Å². The molecule has 2 fully saturated rings. The van der Waals surface area contributed by atoms with Crippen LogP contribution < -0.4 is 31.9 Å². The SMILES string of the molecule is c1cc(-c2ccc(COC3CNCCCNCCCNC3)cc2)ccc1COC1CNCCCNCCCNC1. The van der Waals surface area contributed by atoms with Crippen molar-refractivity contribution < 1.29 is 9.47 Å². The van der Waals surface area contributed by atoms with Crippen molar-refractivity contribution in [3.05, 3.63) is 59.7 Å². The zero-order chi connectivity index (χ0) is 27.5. The van der Waals surface area contributed by atoms with E-state index in [2.05, 4.69) is 80.4 Å². The summed E-state index contributed by atoms with van der Waals surface area (Å²) < 4.78 is 12.6. The Bertz CT molecular complexity index is 811. The maximum Gasteiger partial charge on any atom is 0.0828 e. The van der Waals surface area contributed by atoms with E-state index in [1.165, 1.54) is 22.3 Å². The van der Waals surface area contributed by atoms with Crippen LogP contribution >= 0.6 is 0 Å². The van der Waals surface area contributed by atoms with Crippen molar-refractivity contribution in [1.82, 2.24) is 31.9 Å². The van der Waals surface area contributed by atoms with Gasteiger partial charge < -0.3 is 41.4 Å². The first-order valence-electron chi connectivity index (χ1n) is 15.5. The minimum atomic E-state index is 0.177. The first-order chi connectivity index (χ1) is 19.9. The molecule has 6 N–H and O–H groups in total. The van der Waals surface area contributed by atoms with Gasteiger partial charge in [0.1, 0.15) is 0 Å². The summed E-state index contributed by atoms with van der Waals surface area (Å²) in [5.74, 6) is 0. The second-order valence-corrected chi connectivity index (χ2v) is 11.0. The van der Waals surface area contributed by atoms with Gasteiger partial charge in [-0.25, -0.2) is 0 Å². The van der Waals surface area contributed by atoms with E-state index in [9.17, 15) is 0 Å². The molecule has 0 aliphatic carbocycles. The van der Waals surface area contributed by atoms with Crippen molar-refractivity contribution in [2.45, 2.75) is 51.1 Å². The molecule has 2 saturated heterocycles. The maximum absolute atomic E-state index is 6.28. The molecule has 2 heterocycles. The van der Waals surface area contributed by atoms with Gasteiger partial charge in [0.15, 0.2) is 0 Å². The van der Waals surface area contributed by atoms with E-state index < -0.39 is 0 Å². The predicted molar refractivity (Wildman–Crippen MR) is 165 cm³/mol. The molecule has 0 aromatic heterocycles. The summed E-state index contributed by atoms with van der Waals surface area (Å²) in [6.07, 6.45) is 4.98. The quantitative estimate of drug-likeness (QED) is 0.312. The molecule has 0 bridgehead atoms. The third-order valence-corrected chi connectivity index (χ3v) is 7.53. The fourth-order valence-corrected chi connectivity index (χ4v) is 5.05. The molecule has 0 spiro atoms. The lowest BCUT2D eigenvalue weighted by Crippen LogP contribution is -2.39. The van der Waals surface area contributed by atoms with Crippen molar-refractivity contribution in [3.8, 4) is 11.1 Å². The Morgan fingerprint density at radius 3 is 1.05 bits per heavy atom. The van der Waals surface area contributed by atoms with E-state index in [1.54, 1.807) is 0 Å². The third-order valence-electron chi connectivity index (χ3n) is 7.53. The molecule has 8 nitrogen and oxygen atoms in total. The zero-order valence-electron chi connectivity index (χ0n) is 24.3. The first kappa shape index (κ1) is 31.1. The van der Waals surface area contributed by atoms with Crippen LogP contribution in [0.5, 0.6) is 0 Å². The molecule has 8 heteroatoms. The molecule has 0 saturated carbocycles. The third kappa shape index (κ3) is 12.3. The first-order valence-corrected chi connectivity index (χ1v) is 15.5. The van der Waals surface area contributed by atoms with Gasteiger partial charge in [-0.3, -0.25) is 0 Å². The molecule has 2 aliphatic rings.